The fraction of sp³-hybridized carbons (Fsp3) is 0.158. The van der Waals surface area contributed by atoms with Gasteiger partial charge in [-0.05, 0) is 49.7 Å². The quantitative estimate of drug-likeness (QED) is 0.597. The molecular formula is C19H15ClN4O3S2. The lowest BCUT2D eigenvalue weighted by molar-refractivity contribution is 0.0810. The summed E-state index contributed by atoms with van der Waals surface area (Å²) in [5.41, 5.74) is 2.24. The molecule has 3 aromatic rings. The SMILES string of the molecule is Cc1ccc(S(=O)(=O)n2ccc3c2N=C(Cl)N2C(=O)c4sc(C)cc4NC32)cc1. The van der Waals surface area contributed by atoms with Crippen LogP contribution in [0.3, 0.4) is 0 Å². The maximum atomic E-state index is 13.2. The minimum absolute atomic E-state index is 0.0734. The highest BCUT2D eigenvalue weighted by molar-refractivity contribution is 7.90. The van der Waals surface area contributed by atoms with Gasteiger partial charge in [-0.2, -0.15) is 0 Å². The standard InChI is InChI=1S/C19H15ClN4O3S2/c1-10-3-5-12(6-4-10)29(26,27)23-8-7-13-16(23)22-19(20)24-17(13)21-14-9-11(2)28-15(14)18(24)25/h3-9,17,21H,1-2H3. The number of nitrogens with one attached hydrogen (secondary N) is 1. The zero-order valence-corrected chi connectivity index (χ0v) is 17.8. The van der Waals surface area contributed by atoms with E-state index in [-0.39, 0.29) is 21.9 Å². The maximum absolute atomic E-state index is 13.2. The Balaban J connectivity index is 1.64. The summed E-state index contributed by atoms with van der Waals surface area (Å²) in [4.78, 5) is 20.3. The van der Waals surface area contributed by atoms with Crippen LogP contribution in [0.25, 0.3) is 0 Å². The monoisotopic (exact) mass is 446 g/mol. The van der Waals surface area contributed by atoms with Crippen LogP contribution in [0.5, 0.6) is 0 Å². The molecule has 29 heavy (non-hydrogen) atoms. The van der Waals surface area contributed by atoms with Crippen molar-refractivity contribution in [1.82, 2.24) is 8.87 Å². The Kier molecular flexibility index (Phi) is 3.93. The molecule has 0 saturated carbocycles. The van der Waals surface area contributed by atoms with Gasteiger partial charge in [0.1, 0.15) is 11.0 Å². The number of carbonyl (C=O) groups excluding carboxylic acids is 1. The van der Waals surface area contributed by atoms with Crippen LogP contribution >= 0.6 is 22.9 Å². The van der Waals surface area contributed by atoms with E-state index in [4.69, 9.17) is 11.6 Å². The van der Waals surface area contributed by atoms with Crippen molar-refractivity contribution in [3.63, 3.8) is 0 Å². The van der Waals surface area contributed by atoms with Gasteiger partial charge in [-0.15, -0.1) is 11.3 Å². The molecule has 0 aliphatic carbocycles. The van der Waals surface area contributed by atoms with Gasteiger partial charge in [0.2, 0.25) is 5.29 Å². The number of hydrogen-bond donors (Lipinski definition) is 1. The fourth-order valence-electron chi connectivity index (χ4n) is 3.53. The summed E-state index contributed by atoms with van der Waals surface area (Å²) in [5, 5.41) is 3.22. The number of fused-ring (bicyclic) bond motifs is 4. The largest absolute Gasteiger partial charge is 0.360 e. The van der Waals surface area contributed by atoms with Crippen LogP contribution in [-0.4, -0.2) is 28.5 Å². The maximum Gasteiger partial charge on any atom is 0.274 e. The van der Waals surface area contributed by atoms with Gasteiger partial charge >= 0.3 is 0 Å². The number of anilines is 1. The van der Waals surface area contributed by atoms with E-state index in [9.17, 15) is 13.2 Å². The number of aromatic nitrogens is 1. The molecule has 0 bridgehead atoms. The van der Waals surface area contributed by atoms with E-state index in [0.29, 0.717) is 16.1 Å². The van der Waals surface area contributed by atoms with Crippen molar-refractivity contribution in [3.05, 3.63) is 63.5 Å². The molecule has 1 aromatic carbocycles. The van der Waals surface area contributed by atoms with Crippen LogP contribution in [0.4, 0.5) is 11.5 Å². The Morgan fingerprint density at radius 2 is 1.90 bits per heavy atom. The second kappa shape index (κ2) is 6.19. The first-order chi connectivity index (χ1) is 13.8. The molecule has 2 aliphatic rings. The van der Waals surface area contributed by atoms with E-state index < -0.39 is 16.2 Å². The number of carbonyl (C=O) groups is 1. The molecule has 0 radical (unpaired) electrons. The number of aliphatic imine (C=N–C) groups is 1. The lowest BCUT2D eigenvalue weighted by Gasteiger charge is -2.37. The third-order valence-corrected chi connectivity index (χ3v) is 7.93. The highest BCUT2D eigenvalue weighted by Gasteiger charge is 2.42. The molecule has 2 aliphatic heterocycles. The van der Waals surface area contributed by atoms with E-state index in [1.54, 1.807) is 30.3 Å². The van der Waals surface area contributed by atoms with Gasteiger partial charge in [0.15, 0.2) is 5.82 Å². The zero-order chi connectivity index (χ0) is 20.5. The molecule has 10 heteroatoms. The molecule has 1 unspecified atom stereocenters. The van der Waals surface area contributed by atoms with Gasteiger partial charge in [0.05, 0.1) is 10.6 Å². The molecule has 7 nitrogen and oxygen atoms in total. The minimum atomic E-state index is -3.86. The number of thiophene rings is 1. The van der Waals surface area contributed by atoms with E-state index in [2.05, 4.69) is 10.3 Å². The average molecular weight is 447 g/mol. The smallest absolute Gasteiger partial charge is 0.274 e. The summed E-state index contributed by atoms with van der Waals surface area (Å²) >= 11 is 7.72. The van der Waals surface area contributed by atoms with Crippen LogP contribution < -0.4 is 5.32 Å². The van der Waals surface area contributed by atoms with Crippen LogP contribution in [-0.2, 0) is 10.0 Å². The van der Waals surface area contributed by atoms with Gasteiger partial charge in [0, 0.05) is 16.6 Å². The molecule has 1 N–H and O–H groups in total. The second-order valence-corrected chi connectivity index (χ2v) is 10.3. The first kappa shape index (κ1) is 18.4. The van der Waals surface area contributed by atoms with Crippen molar-refractivity contribution < 1.29 is 13.2 Å². The summed E-state index contributed by atoms with van der Waals surface area (Å²) in [6.07, 6.45) is 0.816. The van der Waals surface area contributed by atoms with Crippen molar-refractivity contribution in [2.24, 2.45) is 4.99 Å². The number of benzene rings is 1. The summed E-state index contributed by atoms with van der Waals surface area (Å²) in [7, 11) is -3.86. The summed E-state index contributed by atoms with van der Waals surface area (Å²) in [6, 6.07) is 10.1. The first-order valence-corrected chi connectivity index (χ1v) is 11.4. The van der Waals surface area contributed by atoms with E-state index in [1.807, 2.05) is 19.9 Å². The van der Waals surface area contributed by atoms with E-state index >= 15 is 0 Å². The van der Waals surface area contributed by atoms with Crippen LogP contribution in [0, 0.1) is 13.8 Å². The molecule has 5 rings (SSSR count). The number of aryl methyl sites for hydroxylation is 2. The van der Waals surface area contributed by atoms with Gasteiger partial charge < -0.3 is 5.32 Å². The lowest BCUT2D eigenvalue weighted by Crippen LogP contribution is -2.45. The number of nitrogens with zero attached hydrogens (tertiary/aromatic N) is 3. The molecule has 0 fully saturated rings. The predicted octanol–water partition coefficient (Wildman–Crippen LogP) is 4.21. The fourth-order valence-corrected chi connectivity index (χ4v) is 6.00. The van der Waals surface area contributed by atoms with Crippen molar-refractivity contribution in [2.45, 2.75) is 24.9 Å². The van der Waals surface area contributed by atoms with E-state index in [0.717, 1.165) is 14.4 Å². The topological polar surface area (TPSA) is 83.8 Å². The summed E-state index contributed by atoms with van der Waals surface area (Å²) < 4.78 is 27.4. The Labute approximate surface area is 176 Å². The van der Waals surface area contributed by atoms with Crippen molar-refractivity contribution in [2.75, 3.05) is 5.32 Å². The first-order valence-electron chi connectivity index (χ1n) is 8.75. The third-order valence-electron chi connectivity index (χ3n) is 4.94. The zero-order valence-electron chi connectivity index (χ0n) is 15.4. The number of amidine groups is 1. The number of halogens is 1. The minimum Gasteiger partial charge on any atom is -0.360 e. The molecule has 1 atom stereocenters. The lowest BCUT2D eigenvalue weighted by atomic mass is 10.1. The molecule has 4 heterocycles. The summed E-state index contributed by atoms with van der Waals surface area (Å²) in [6.45, 7) is 3.81. The molecular weight excluding hydrogens is 432 g/mol. The molecule has 0 saturated heterocycles. The number of hydrogen-bond acceptors (Lipinski definition) is 6. The molecule has 1 amide bonds. The van der Waals surface area contributed by atoms with Crippen molar-refractivity contribution in [3.8, 4) is 0 Å². The van der Waals surface area contributed by atoms with Gasteiger partial charge in [-0.1, -0.05) is 17.7 Å². The number of rotatable bonds is 2. The predicted molar refractivity (Wildman–Crippen MR) is 113 cm³/mol. The molecule has 0 spiro atoms. The Bertz CT molecular complexity index is 1310. The number of amides is 1. The second-order valence-electron chi connectivity index (χ2n) is 6.91. The van der Waals surface area contributed by atoms with Gasteiger partial charge in [-0.25, -0.2) is 17.4 Å². The van der Waals surface area contributed by atoms with Gasteiger partial charge in [0.25, 0.3) is 15.9 Å². The van der Waals surface area contributed by atoms with Crippen LogP contribution in [0.2, 0.25) is 0 Å². The van der Waals surface area contributed by atoms with Crippen LogP contribution in [0.1, 0.15) is 31.8 Å². The Hall–Kier alpha value is -2.62. The third kappa shape index (κ3) is 2.65. The van der Waals surface area contributed by atoms with Crippen molar-refractivity contribution >= 4 is 55.7 Å². The molecule has 148 valence electrons. The Morgan fingerprint density at radius 3 is 2.62 bits per heavy atom. The highest BCUT2D eigenvalue weighted by atomic mass is 35.5. The normalized spacial score (nSPS) is 17.9. The molecule has 2 aromatic heterocycles. The summed E-state index contributed by atoms with van der Waals surface area (Å²) in [5.74, 6) is -0.0667. The highest BCUT2D eigenvalue weighted by Crippen LogP contribution is 2.44. The van der Waals surface area contributed by atoms with E-state index in [1.165, 1.54) is 22.4 Å². The van der Waals surface area contributed by atoms with Gasteiger partial charge in [-0.3, -0.25) is 9.69 Å². The van der Waals surface area contributed by atoms with Crippen molar-refractivity contribution in [1.29, 1.82) is 0 Å². The average Bonchev–Trinajstić information content (AvgIpc) is 3.25. The van der Waals surface area contributed by atoms with Crippen LogP contribution in [0.15, 0.2) is 52.5 Å². The Morgan fingerprint density at radius 1 is 1.17 bits per heavy atom.